The fourth-order valence-electron chi connectivity index (χ4n) is 3.72. The summed E-state index contributed by atoms with van der Waals surface area (Å²) in [6.45, 7) is 0.649. The zero-order chi connectivity index (χ0) is 19.1. The number of rotatable bonds is 3. The number of halogens is 1. The van der Waals surface area contributed by atoms with E-state index in [0.29, 0.717) is 17.9 Å². The number of carbonyl (C=O) groups is 1. The summed E-state index contributed by atoms with van der Waals surface area (Å²) in [5.41, 5.74) is 2.52. The van der Waals surface area contributed by atoms with Gasteiger partial charge < -0.3 is 4.90 Å². The molecule has 7 nitrogen and oxygen atoms in total. The number of amides is 1. The Bertz CT molecular complexity index is 1150. The molecule has 0 bridgehead atoms. The first-order chi connectivity index (χ1) is 13.7. The molecular weight excluding hydrogens is 359 g/mol. The highest BCUT2D eigenvalue weighted by molar-refractivity contribution is 5.93. The first-order valence-corrected chi connectivity index (χ1v) is 9.13. The Labute approximate surface area is 159 Å². The van der Waals surface area contributed by atoms with Crippen LogP contribution in [0.1, 0.15) is 35.2 Å². The molecular formula is C20H17FN6O. The lowest BCUT2D eigenvalue weighted by Crippen LogP contribution is -2.31. The fourth-order valence-corrected chi connectivity index (χ4v) is 3.72. The van der Waals surface area contributed by atoms with E-state index in [0.717, 1.165) is 29.9 Å². The molecule has 0 saturated carbocycles. The fraction of sp³-hybridized carbons (Fsp3) is 0.200. The molecule has 1 aromatic carbocycles. The highest BCUT2D eigenvalue weighted by Gasteiger charge is 2.34. The van der Waals surface area contributed by atoms with E-state index in [2.05, 4.69) is 20.4 Å². The molecule has 1 atom stereocenters. The Balaban J connectivity index is 1.44. The molecule has 0 spiro atoms. The summed E-state index contributed by atoms with van der Waals surface area (Å²) in [5.74, 6) is 0.326. The third kappa shape index (κ3) is 2.74. The Morgan fingerprint density at radius 1 is 1.14 bits per heavy atom. The van der Waals surface area contributed by atoms with E-state index in [9.17, 15) is 9.18 Å². The van der Waals surface area contributed by atoms with Gasteiger partial charge in [0.05, 0.1) is 11.7 Å². The normalized spacial score (nSPS) is 16.8. The molecule has 4 aromatic rings. The highest BCUT2D eigenvalue weighted by atomic mass is 19.1. The van der Waals surface area contributed by atoms with Crippen LogP contribution < -0.4 is 0 Å². The lowest BCUT2D eigenvalue weighted by atomic mass is 10.1. The second kappa shape index (κ2) is 6.56. The van der Waals surface area contributed by atoms with Crippen LogP contribution in [0.5, 0.6) is 0 Å². The SMILES string of the molecule is O=C(c1cc(-c2ccc(F)cc2)n[nH]1)N1CCC[C@H]1c1nnc2ccccn12. The molecule has 0 aliphatic carbocycles. The van der Waals surface area contributed by atoms with E-state index in [1.807, 2.05) is 33.7 Å². The summed E-state index contributed by atoms with van der Waals surface area (Å²) in [4.78, 5) is 14.9. The van der Waals surface area contributed by atoms with Gasteiger partial charge in [0.1, 0.15) is 11.5 Å². The summed E-state index contributed by atoms with van der Waals surface area (Å²) >= 11 is 0. The summed E-state index contributed by atoms with van der Waals surface area (Å²) in [6, 6.07) is 13.3. The zero-order valence-corrected chi connectivity index (χ0v) is 14.9. The van der Waals surface area contributed by atoms with Gasteiger partial charge >= 0.3 is 0 Å². The number of nitrogens with zero attached hydrogens (tertiary/aromatic N) is 5. The lowest BCUT2D eigenvalue weighted by molar-refractivity contribution is 0.0723. The van der Waals surface area contributed by atoms with Gasteiger partial charge in [-0.15, -0.1) is 10.2 Å². The van der Waals surface area contributed by atoms with Gasteiger partial charge in [0.2, 0.25) is 0 Å². The smallest absolute Gasteiger partial charge is 0.272 e. The molecule has 1 aliphatic rings. The van der Waals surface area contributed by atoms with Crippen LogP contribution in [-0.4, -0.2) is 42.1 Å². The topological polar surface area (TPSA) is 79.2 Å². The molecule has 140 valence electrons. The second-order valence-corrected chi connectivity index (χ2v) is 6.82. The number of fused-ring (bicyclic) bond motifs is 1. The van der Waals surface area contributed by atoms with Gasteiger partial charge in [0.15, 0.2) is 11.5 Å². The largest absolute Gasteiger partial charge is 0.327 e. The van der Waals surface area contributed by atoms with Crippen molar-refractivity contribution in [3.05, 3.63) is 72.1 Å². The number of pyridine rings is 1. The molecule has 28 heavy (non-hydrogen) atoms. The van der Waals surface area contributed by atoms with Crippen LogP contribution in [0.25, 0.3) is 16.9 Å². The molecule has 4 heterocycles. The van der Waals surface area contributed by atoms with Crippen molar-refractivity contribution in [3.8, 4) is 11.3 Å². The van der Waals surface area contributed by atoms with Crippen molar-refractivity contribution in [3.63, 3.8) is 0 Å². The minimum absolute atomic E-state index is 0.129. The summed E-state index contributed by atoms with van der Waals surface area (Å²) < 4.78 is 15.1. The van der Waals surface area contributed by atoms with E-state index < -0.39 is 0 Å². The van der Waals surface area contributed by atoms with Crippen molar-refractivity contribution in [2.45, 2.75) is 18.9 Å². The van der Waals surface area contributed by atoms with Gasteiger partial charge in [-0.05, 0) is 55.3 Å². The van der Waals surface area contributed by atoms with Gasteiger partial charge in [-0.1, -0.05) is 6.07 Å². The Morgan fingerprint density at radius 2 is 2.00 bits per heavy atom. The first kappa shape index (κ1) is 16.6. The molecule has 3 aromatic heterocycles. The molecule has 1 N–H and O–H groups in total. The van der Waals surface area contributed by atoms with Crippen molar-refractivity contribution in [2.24, 2.45) is 0 Å². The van der Waals surface area contributed by atoms with E-state index in [-0.39, 0.29) is 17.8 Å². The van der Waals surface area contributed by atoms with Crippen molar-refractivity contribution in [1.82, 2.24) is 29.7 Å². The van der Waals surface area contributed by atoms with Gasteiger partial charge in [-0.3, -0.25) is 14.3 Å². The Hall–Kier alpha value is -3.55. The molecule has 0 radical (unpaired) electrons. The number of nitrogens with one attached hydrogen (secondary N) is 1. The molecule has 1 fully saturated rings. The van der Waals surface area contributed by atoms with Crippen LogP contribution in [0, 0.1) is 5.82 Å². The van der Waals surface area contributed by atoms with Crippen LogP contribution >= 0.6 is 0 Å². The number of benzene rings is 1. The van der Waals surface area contributed by atoms with Crippen LogP contribution in [0.2, 0.25) is 0 Å². The third-order valence-corrected chi connectivity index (χ3v) is 5.10. The number of hydrogen-bond acceptors (Lipinski definition) is 4. The summed E-state index contributed by atoms with van der Waals surface area (Å²) in [5, 5.41) is 15.6. The number of likely N-dealkylation sites (tertiary alicyclic amines) is 1. The number of aromatic nitrogens is 5. The van der Waals surface area contributed by atoms with E-state index in [1.54, 1.807) is 18.2 Å². The predicted molar refractivity (Wildman–Crippen MR) is 100.0 cm³/mol. The van der Waals surface area contributed by atoms with Gasteiger partial charge in [-0.25, -0.2) is 4.39 Å². The van der Waals surface area contributed by atoms with Crippen LogP contribution in [0.4, 0.5) is 4.39 Å². The van der Waals surface area contributed by atoms with Crippen molar-refractivity contribution in [1.29, 1.82) is 0 Å². The number of carbonyl (C=O) groups excluding carboxylic acids is 1. The molecule has 1 aliphatic heterocycles. The molecule has 5 rings (SSSR count). The first-order valence-electron chi connectivity index (χ1n) is 9.13. The van der Waals surface area contributed by atoms with Crippen LogP contribution in [0.15, 0.2) is 54.7 Å². The minimum atomic E-state index is -0.309. The van der Waals surface area contributed by atoms with Gasteiger partial charge in [-0.2, -0.15) is 5.10 Å². The van der Waals surface area contributed by atoms with Crippen molar-refractivity contribution < 1.29 is 9.18 Å². The predicted octanol–water partition coefficient (Wildman–Crippen LogP) is 3.24. The quantitative estimate of drug-likeness (QED) is 0.595. The molecule has 8 heteroatoms. The van der Waals surface area contributed by atoms with Gasteiger partial charge in [0, 0.05) is 18.3 Å². The number of hydrogen-bond donors (Lipinski definition) is 1. The van der Waals surface area contributed by atoms with E-state index in [4.69, 9.17) is 0 Å². The van der Waals surface area contributed by atoms with E-state index >= 15 is 0 Å². The average Bonchev–Trinajstić information content (AvgIpc) is 3.46. The maximum absolute atomic E-state index is 13.1. The molecule has 1 saturated heterocycles. The number of H-pyrrole nitrogens is 1. The Morgan fingerprint density at radius 3 is 2.86 bits per heavy atom. The highest BCUT2D eigenvalue weighted by Crippen LogP contribution is 2.32. The van der Waals surface area contributed by atoms with Crippen molar-refractivity contribution in [2.75, 3.05) is 6.54 Å². The van der Waals surface area contributed by atoms with Crippen LogP contribution in [-0.2, 0) is 0 Å². The zero-order valence-electron chi connectivity index (χ0n) is 14.9. The average molecular weight is 376 g/mol. The van der Waals surface area contributed by atoms with Crippen LogP contribution in [0.3, 0.4) is 0 Å². The third-order valence-electron chi connectivity index (χ3n) is 5.10. The standard InChI is InChI=1S/C20H17FN6O/c21-14-8-6-13(7-9-14)15-12-16(23-22-15)20(28)26-11-3-4-17(26)19-25-24-18-5-1-2-10-27(18)19/h1-2,5-10,12,17H,3-4,11H2,(H,22,23)/t17-/m0/s1. The van der Waals surface area contributed by atoms with E-state index in [1.165, 1.54) is 12.1 Å². The second-order valence-electron chi connectivity index (χ2n) is 6.82. The maximum Gasteiger partial charge on any atom is 0.272 e. The lowest BCUT2D eigenvalue weighted by Gasteiger charge is -2.22. The summed E-state index contributed by atoms with van der Waals surface area (Å²) in [6.07, 6.45) is 3.64. The molecule has 0 unspecified atom stereocenters. The van der Waals surface area contributed by atoms with Crippen molar-refractivity contribution >= 4 is 11.6 Å². The minimum Gasteiger partial charge on any atom is -0.327 e. The molecule has 1 amide bonds. The maximum atomic E-state index is 13.1. The monoisotopic (exact) mass is 376 g/mol. The number of aromatic amines is 1. The Kier molecular flexibility index (Phi) is 3.89. The van der Waals surface area contributed by atoms with Gasteiger partial charge in [0.25, 0.3) is 5.91 Å². The summed E-state index contributed by atoms with van der Waals surface area (Å²) in [7, 11) is 0.